The summed E-state index contributed by atoms with van der Waals surface area (Å²) in [5, 5.41) is 14.3. The van der Waals surface area contributed by atoms with Crippen LogP contribution < -0.4 is 0 Å². The number of hydrogen-bond acceptors (Lipinski definition) is 2. The first-order valence-electron chi connectivity index (χ1n) is 4.30. The highest BCUT2D eigenvalue weighted by molar-refractivity contribution is 5.33. The van der Waals surface area contributed by atoms with E-state index in [2.05, 4.69) is 5.10 Å². The lowest BCUT2D eigenvalue weighted by Gasteiger charge is -2.32. The van der Waals surface area contributed by atoms with Gasteiger partial charge in [-0.2, -0.15) is 31.4 Å². The maximum Gasteiger partial charge on any atom is 0.430 e. The fourth-order valence-electron chi connectivity index (χ4n) is 1.53. The van der Waals surface area contributed by atoms with Crippen molar-refractivity contribution in [3.05, 3.63) is 17.0 Å². The zero-order chi connectivity index (χ0) is 13.6. The molecule has 0 fully saturated rings. The van der Waals surface area contributed by atoms with Crippen molar-refractivity contribution in [1.82, 2.24) is 10.2 Å². The minimum Gasteiger partial charge on any atom is -0.369 e. The molecule has 2 N–H and O–H groups in total. The molecule has 0 saturated carbocycles. The van der Waals surface area contributed by atoms with E-state index in [-0.39, 0.29) is 0 Å². The average molecular weight is 262 g/mol. The number of aryl methyl sites for hydroxylation is 2. The van der Waals surface area contributed by atoms with Crippen LogP contribution in [-0.4, -0.2) is 27.7 Å². The second-order valence-corrected chi connectivity index (χ2v) is 3.51. The number of halogens is 6. The maximum absolute atomic E-state index is 12.5. The van der Waals surface area contributed by atoms with Crippen molar-refractivity contribution in [2.45, 2.75) is 31.8 Å². The van der Waals surface area contributed by atoms with Crippen LogP contribution in [0.4, 0.5) is 26.3 Å². The van der Waals surface area contributed by atoms with Gasteiger partial charge in [0.15, 0.2) is 0 Å². The van der Waals surface area contributed by atoms with Gasteiger partial charge in [-0.1, -0.05) is 0 Å². The molecule has 0 aromatic carbocycles. The van der Waals surface area contributed by atoms with Gasteiger partial charge >= 0.3 is 12.4 Å². The molecule has 1 aromatic rings. The molecule has 3 nitrogen and oxygen atoms in total. The number of aromatic nitrogens is 2. The van der Waals surface area contributed by atoms with Crippen LogP contribution in [0.5, 0.6) is 0 Å². The first-order chi connectivity index (χ1) is 7.43. The summed E-state index contributed by atoms with van der Waals surface area (Å²) in [5.41, 5.74) is -7.27. The molecule has 98 valence electrons. The van der Waals surface area contributed by atoms with E-state index in [1.54, 1.807) is 0 Å². The molecule has 0 radical (unpaired) electrons. The predicted octanol–water partition coefficient (Wildman–Crippen LogP) is 2.34. The minimum absolute atomic E-state index is 0.486. The Kier molecular flexibility index (Phi) is 2.94. The van der Waals surface area contributed by atoms with Crippen LogP contribution in [-0.2, 0) is 5.60 Å². The number of aromatic amines is 1. The molecule has 1 heterocycles. The Labute approximate surface area is 91.4 Å². The Bertz CT molecular complexity index is 385. The van der Waals surface area contributed by atoms with Crippen LogP contribution in [0.15, 0.2) is 0 Å². The highest BCUT2D eigenvalue weighted by atomic mass is 19.4. The summed E-state index contributed by atoms with van der Waals surface area (Å²) in [6.45, 7) is 1.92. The van der Waals surface area contributed by atoms with Gasteiger partial charge < -0.3 is 5.11 Å². The molecule has 17 heavy (non-hydrogen) atoms. The van der Waals surface area contributed by atoms with E-state index in [4.69, 9.17) is 5.11 Å². The van der Waals surface area contributed by atoms with E-state index in [9.17, 15) is 26.3 Å². The van der Waals surface area contributed by atoms with Crippen LogP contribution in [0.2, 0.25) is 0 Å². The van der Waals surface area contributed by atoms with Crippen LogP contribution in [0.25, 0.3) is 0 Å². The summed E-state index contributed by atoms with van der Waals surface area (Å²) in [5.74, 6) is 0. The summed E-state index contributed by atoms with van der Waals surface area (Å²) in [4.78, 5) is 0. The van der Waals surface area contributed by atoms with Gasteiger partial charge in [0, 0.05) is 11.3 Å². The molecule has 0 amide bonds. The first kappa shape index (κ1) is 13.8. The second-order valence-electron chi connectivity index (χ2n) is 3.51. The molecule has 9 heteroatoms. The fourth-order valence-corrected chi connectivity index (χ4v) is 1.53. The summed E-state index contributed by atoms with van der Waals surface area (Å²) in [7, 11) is 0. The third kappa shape index (κ3) is 1.88. The molecule has 0 saturated heterocycles. The highest BCUT2D eigenvalue weighted by Gasteiger charge is 2.72. The monoisotopic (exact) mass is 262 g/mol. The van der Waals surface area contributed by atoms with E-state index >= 15 is 0 Å². The SMILES string of the molecule is Cc1n[nH]c(C)c1C(O)(C(F)(F)F)C(F)(F)F. The van der Waals surface area contributed by atoms with Crippen molar-refractivity contribution in [3.8, 4) is 0 Å². The largest absolute Gasteiger partial charge is 0.430 e. The zero-order valence-electron chi connectivity index (χ0n) is 8.66. The van der Waals surface area contributed by atoms with Crippen molar-refractivity contribution in [2.75, 3.05) is 0 Å². The van der Waals surface area contributed by atoms with Gasteiger partial charge in [-0.05, 0) is 13.8 Å². The molecule has 0 unspecified atom stereocenters. The third-order valence-corrected chi connectivity index (χ3v) is 2.31. The van der Waals surface area contributed by atoms with Crippen molar-refractivity contribution >= 4 is 0 Å². The third-order valence-electron chi connectivity index (χ3n) is 2.31. The first-order valence-corrected chi connectivity index (χ1v) is 4.30. The molecule has 0 bridgehead atoms. The molecule has 0 aliphatic rings. The van der Waals surface area contributed by atoms with Crippen LogP contribution >= 0.6 is 0 Å². The van der Waals surface area contributed by atoms with Gasteiger partial charge in [-0.15, -0.1) is 0 Å². The maximum atomic E-state index is 12.5. The second kappa shape index (κ2) is 3.62. The highest BCUT2D eigenvalue weighted by Crippen LogP contribution is 2.51. The lowest BCUT2D eigenvalue weighted by Crippen LogP contribution is -2.54. The minimum atomic E-state index is -5.88. The van der Waals surface area contributed by atoms with Gasteiger partial charge in [0.2, 0.25) is 0 Å². The van der Waals surface area contributed by atoms with Gasteiger partial charge in [0.25, 0.3) is 5.60 Å². The van der Waals surface area contributed by atoms with E-state index in [0.29, 0.717) is 0 Å². The lowest BCUT2D eigenvalue weighted by atomic mass is 9.90. The molecule has 0 spiro atoms. The molecule has 1 aromatic heterocycles. The van der Waals surface area contributed by atoms with Crippen molar-refractivity contribution in [3.63, 3.8) is 0 Å². The smallest absolute Gasteiger partial charge is 0.369 e. The van der Waals surface area contributed by atoms with E-state index in [1.807, 2.05) is 5.10 Å². The van der Waals surface area contributed by atoms with Gasteiger partial charge in [0.1, 0.15) is 0 Å². The predicted molar refractivity (Wildman–Crippen MR) is 44.1 cm³/mol. The standard InChI is InChI=1S/C8H8F6N2O/c1-3-5(4(2)16-15-3)6(17,7(9,10)11)8(12,13)14/h17H,1-2H3,(H,15,16). The van der Waals surface area contributed by atoms with Crippen LogP contribution in [0.3, 0.4) is 0 Å². The quantitative estimate of drug-likeness (QED) is 0.763. The number of nitrogens with one attached hydrogen (secondary N) is 1. The van der Waals surface area contributed by atoms with Crippen molar-refractivity contribution in [1.29, 1.82) is 0 Å². The molecular formula is C8H8F6N2O. The number of aliphatic hydroxyl groups is 1. The topological polar surface area (TPSA) is 48.9 Å². The summed E-state index contributed by atoms with van der Waals surface area (Å²) < 4.78 is 75.1. The average Bonchev–Trinajstić information content (AvgIpc) is 2.41. The van der Waals surface area contributed by atoms with Crippen LogP contribution in [0.1, 0.15) is 17.0 Å². The molecule has 0 aliphatic heterocycles. The lowest BCUT2D eigenvalue weighted by molar-refractivity contribution is -0.376. The van der Waals surface area contributed by atoms with Crippen LogP contribution in [0, 0.1) is 13.8 Å². The zero-order valence-corrected chi connectivity index (χ0v) is 8.66. The Morgan fingerprint density at radius 3 is 1.65 bits per heavy atom. The van der Waals surface area contributed by atoms with E-state index in [1.165, 1.54) is 0 Å². The number of alkyl halides is 6. The van der Waals surface area contributed by atoms with Gasteiger partial charge in [0.05, 0.1) is 5.69 Å². The van der Waals surface area contributed by atoms with Gasteiger partial charge in [-0.3, -0.25) is 5.10 Å². The number of hydrogen-bond donors (Lipinski definition) is 2. The molecule has 0 aliphatic carbocycles. The number of nitrogens with zero attached hydrogens (tertiary/aromatic N) is 1. The van der Waals surface area contributed by atoms with E-state index in [0.717, 1.165) is 13.8 Å². The van der Waals surface area contributed by atoms with Crippen molar-refractivity contribution < 1.29 is 31.4 Å². The Morgan fingerprint density at radius 2 is 1.41 bits per heavy atom. The molecular weight excluding hydrogens is 254 g/mol. The molecule has 0 atom stereocenters. The number of H-pyrrole nitrogens is 1. The molecule has 1 rings (SSSR count). The Morgan fingerprint density at radius 1 is 1.00 bits per heavy atom. The summed E-state index contributed by atoms with van der Waals surface area (Å²) >= 11 is 0. The van der Waals surface area contributed by atoms with Gasteiger partial charge in [-0.25, -0.2) is 0 Å². The van der Waals surface area contributed by atoms with Crippen molar-refractivity contribution in [2.24, 2.45) is 0 Å². The Balaban J connectivity index is 3.58. The number of rotatable bonds is 1. The summed E-state index contributed by atoms with van der Waals surface area (Å²) in [6, 6.07) is 0. The fraction of sp³-hybridized carbons (Fsp3) is 0.625. The summed E-state index contributed by atoms with van der Waals surface area (Å²) in [6.07, 6.45) is -11.8. The Hall–Kier alpha value is -1.25. The van der Waals surface area contributed by atoms with E-state index < -0.39 is 34.9 Å². The normalized spacial score (nSPS) is 14.2.